The van der Waals surface area contributed by atoms with Gasteiger partial charge in [-0.3, -0.25) is 43.2 Å². The molecule has 6 fully saturated rings. The number of benzene rings is 2. The lowest BCUT2D eigenvalue weighted by molar-refractivity contribution is -0.295. The molecule has 0 aliphatic carbocycles. The van der Waals surface area contributed by atoms with Gasteiger partial charge in [-0.25, -0.2) is 9.59 Å². The van der Waals surface area contributed by atoms with Crippen LogP contribution in [0.4, 0.5) is 24.8 Å². The van der Waals surface area contributed by atoms with E-state index in [0.717, 1.165) is 11.1 Å². The smallest absolute Gasteiger partial charge is 0.411 e. The standard InChI is InChI=1S/C42H65N7O10.C34H58N6O10.C8H7N.CH3FS/c1-11-32-42(7)35(49(40(54)59-42)18-13-12-17-48-23-30(45-46-48)28-15-14-16-29(43)20-28)37(52)44-22-24(2)21-41(6,55-10)36(26(4)33(50)27(5)38(53)57-32)58-39-34(51)31(47(8)9)19-25(3)56-39;1-11-24-34(7)27(40(32(45)50-34)15-13-12-14-37-38-35)29(43)36-18-19(2)17-33(6,46-10)28(21(4)25(41)22(5)30(44)48-24)49-31-26(42)23(39(8)9)16-20(3)47-31;1-2-7-4-3-5-8(9)6-7;1-3-2/h14-16,20,23-27,31-32,34-36,39,51H,11-13,17-19,21-22,43H2,1-10H3,(H,44,52);19-24,26-28,31,42H,11-18H2,1-10H3,(H,36,43);1,3-6H,9H2;1H3/t24-,25?,26+,27?,31?,32-,34?,35-,36-,39+,41-,42-;19-,20?,21+,22?,23?,24-,26?,27-,28-,31+,33-,34-;;/m11../s1. The van der Waals surface area contributed by atoms with Crippen molar-refractivity contribution in [1.82, 2.24) is 45.2 Å². The number of aliphatic hydroxyl groups excluding tert-OH is 2. The molecule has 6 aliphatic rings. The molecule has 0 bridgehead atoms. The molecule has 34 nitrogen and oxygen atoms in total. The number of aromatic nitrogens is 3. The first-order chi connectivity index (χ1) is 57.0. The van der Waals surface area contributed by atoms with Crippen LogP contribution in [0.15, 0.2) is 59.8 Å². The number of carbonyl (C=O) groups is 8. The average Bonchev–Trinajstić information content (AvgIpc) is 1.61. The van der Waals surface area contributed by atoms with E-state index in [1.54, 1.807) is 71.3 Å². The Labute approximate surface area is 716 Å². The molecule has 676 valence electrons. The number of nitrogens with zero attached hydrogens (tertiary/aromatic N) is 10. The number of carbonyl (C=O) groups excluding carboxylic acids is 8. The molecular formula is C85H133FN14O20S. The van der Waals surface area contributed by atoms with Gasteiger partial charge in [-0.05, 0) is 195 Å². The van der Waals surface area contributed by atoms with E-state index in [1.165, 1.54) is 44.1 Å². The number of Topliss-reactive ketones (excluding diaryl/α,β-unsaturated/α-hetero) is 2. The number of terminal acetylenes is 1. The molecular weight excluding hydrogens is 1590 g/mol. The number of unbranched alkanes of at least 4 members (excludes halogenated alkanes) is 2. The molecule has 2 aromatic carbocycles. The van der Waals surface area contributed by atoms with Crippen molar-refractivity contribution >= 4 is 71.0 Å². The first-order valence-electron chi connectivity index (χ1n) is 41.7. The molecule has 6 aliphatic heterocycles. The third-order valence-corrected chi connectivity index (χ3v) is 24.0. The predicted molar refractivity (Wildman–Crippen MR) is 453 cm³/mol. The van der Waals surface area contributed by atoms with Gasteiger partial charge in [0.2, 0.25) is 11.8 Å². The van der Waals surface area contributed by atoms with Crippen LogP contribution in [0.3, 0.4) is 0 Å². The Morgan fingerprint density at radius 1 is 0.669 bits per heavy atom. The van der Waals surface area contributed by atoms with E-state index in [-0.39, 0.29) is 93.8 Å². The second kappa shape index (κ2) is 45.9. The lowest BCUT2D eigenvalue weighted by atomic mass is 9.78. The van der Waals surface area contributed by atoms with Crippen LogP contribution in [0.1, 0.15) is 167 Å². The van der Waals surface area contributed by atoms with Gasteiger partial charge < -0.3 is 89.5 Å². The van der Waals surface area contributed by atoms with Crippen molar-refractivity contribution in [1.29, 1.82) is 0 Å². The van der Waals surface area contributed by atoms with Crippen molar-refractivity contribution in [3.05, 3.63) is 70.7 Å². The number of nitrogens with one attached hydrogen (secondary N) is 2. The Balaban J connectivity index is 0.000000332. The molecule has 0 spiro atoms. The molecule has 121 heavy (non-hydrogen) atoms. The van der Waals surface area contributed by atoms with Crippen LogP contribution in [0.5, 0.6) is 0 Å². The molecule has 3 aromatic rings. The van der Waals surface area contributed by atoms with Gasteiger partial charge in [0.1, 0.15) is 41.9 Å². The number of anilines is 2. The number of azide groups is 1. The van der Waals surface area contributed by atoms with Gasteiger partial charge in [-0.2, -0.15) is 3.89 Å². The van der Waals surface area contributed by atoms with Gasteiger partial charge in [0.25, 0.3) is 0 Å². The number of likely N-dealkylation sites (N-methyl/N-ethyl adjacent to an activating group) is 2. The zero-order chi connectivity index (χ0) is 90.3. The Morgan fingerprint density at radius 2 is 1.08 bits per heavy atom. The maximum absolute atomic E-state index is 14.4. The number of hydrogen-bond acceptors (Lipinski definition) is 28. The summed E-state index contributed by atoms with van der Waals surface area (Å²) in [4.78, 5) is 121. The second-order valence-corrected chi connectivity index (χ2v) is 34.3. The van der Waals surface area contributed by atoms with Crippen molar-refractivity contribution in [3.63, 3.8) is 0 Å². The monoisotopic (exact) mass is 1720 g/mol. The lowest BCUT2D eigenvalue weighted by Crippen LogP contribution is -2.60. The highest BCUT2D eigenvalue weighted by Crippen LogP contribution is 2.43. The minimum atomic E-state index is -1.58. The van der Waals surface area contributed by atoms with Crippen LogP contribution in [0.25, 0.3) is 21.7 Å². The minimum absolute atomic E-state index is 0.142. The van der Waals surface area contributed by atoms with E-state index < -0.39 is 155 Å². The number of amides is 4. The van der Waals surface area contributed by atoms with Crippen LogP contribution < -0.4 is 22.1 Å². The second-order valence-electron chi connectivity index (χ2n) is 34.0. The van der Waals surface area contributed by atoms with E-state index in [1.807, 2.05) is 109 Å². The van der Waals surface area contributed by atoms with Crippen molar-refractivity contribution in [2.45, 2.75) is 276 Å². The number of halogens is 1. The zero-order valence-electron chi connectivity index (χ0n) is 74.3. The number of ketones is 2. The van der Waals surface area contributed by atoms with Gasteiger partial charge in [0.05, 0.1) is 41.8 Å². The summed E-state index contributed by atoms with van der Waals surface area (Å²) in [6.45, 7) is 25.6. The zero-order valence-corrected chi connectivity index (χ0v) is 75.1. The van der Waals surface area contributed by atoms with Crippen molar-refractivity contribution in [2.24, 2.45) is 40.6 Å². The number of aliphatic hydroxyl groups is 2. The Hall–Kier alpha value is -8.31. The summed E-state index contributed by atoms with van der Waals surface area (Å²) in [6.07, 6.45) is 2.21. The minimum Gasteiger partial charge on any atom is -0.457 e. The first-order valence-corrected chi connectivity index (χ1v) is 42.8. The van der Waals surface area contributed by atoms with E-state index >= 15 is 0 Å². The molecule has 7 heterocycles. The number of methoxy groups -OCH3 is 2. The first kappa shape index (κ1) is 101. The van der Waals surface area contributed by atoms with E-state index in [0.29, 0.717) is 75.0 Å². The summed E-state index contributed by atoms with van der Waals surface area (Å²) in [5, 5.41) is 40.8. The summed E-state index contributed by atoms with van der Waals surface area (Å²) >= 11 is 0.250. The molecule has 1 aromatic heterocycles. The van der Waals surface area contributed by atoms with E-state index in [4.69, 9.17) is 70.8 Å². The van der Waals surface area contributed by atoms with Gasteiger partial charge in [-0.15, -0.1) is 11.5 Å². The number of nitrogens with two attached hydrogens (primary N) is 2. The quantitative estimate of drug-likeness (QED) is 0.00666. The molecule has 36 heteroatoms. The predicted octanol–water partition coefficient (Wildman–Crippen LogP) is 9.10. The number of rotatable bonds is 21. The number of esters is 2. The highest BCUT2D eigenvalue weighted by Gasteiger charge is 2.62. The fourth-order valence-electron chi connectivity index (χ4n) is 17.2. The number of fused-ring (bicyclic) bond motifs is 2. The van der Waals surface area contributed by atoms with Gasteiger partial charge in [-0.1, -0.05) is 76.0 Å². The number of nitrogen functional groups attached to an aromatic ring is 2. The summed E-state index contributed by atoms with van der Waals surface area (Å²) in [6, 6.07) is 11.8. The van der Waals surface area contributed by atoms with E-state index in [9.17, 15) is 52.5 Å². The van der Waals surface area contributed by atoms with Crippen LogP contribution in [0.2, 0.25) is 0 Å². The molecule has 9 rings (SSSR count). The molecule has 24 atom stereocenters. The number of aryl methyl sites for hydroxylation is 1. The summed E-state index contributed by atoms with van der Waals surface area (Å²) in [5.41, 5.74) is 18.2. The van der Waals surface area contributed by atoms with Crippen molar-refractivity contribution < 1.29 is 99.8 Å². The lowest BCUT2D eigenvalue weighted by Gasteiger charge is -2.46. The third kappa shape index (κ3) is 25.7. The van der Waals surface area contributed by atoms with Crippen molar-refractivity contribution in [2.75, 3.05) is 92.9 Å². The SMILES string of the molecule is C#Cc1cccc(N)c1.CC[C@H]1OC(=O)C(C)C(=O)[C@H](C)[C@@H](O[C@@H]2OC(C)CC(N(C)C)C2O)[C@](C)(OC)C[C@@H](C)CNC(=O)[C@H]2N(CCCCN=[N+]=[N-])C(=O)O[C@]12C.CC[C@H]1OC(=O)C(C)C(=O)[C@H](C)[C@@H](O[C@@H]2OC(C)CC(N(C)C)C2O)[C@](C)(OC)C[C@@H](C)CNC(=O)[C@H]2N(CCCCn3cc(-c4cccc(N)c4)nn3)C(=O)O[C@]12C.CSF. The Morgan fingerprint density at radius 3 is 1.46 bits per heavy atom. The van der Waals surface area contributed by atoms with Crippen LogP contribution in [-0.2, 0) is 82.7 Å². The average molecular weight is 1720 g/mol. The molecule has 8 N–H and O–H groups in total. The molecule has 0 saturated carbocycles. The van der Waals surface area contributed by atoms with Crippen LogP contribution in [-0.4, -0.2) is 282 Å². The normalized spacial score (nSPS) is 34.0. The maximum Gasteiger partial charge on any atom is 0.411 e. The number of ether oxygens (including phenoxy) is 10. The van der Waals surface area contributed by atoms with Crippen molar-refractivity contribution in [3.8, 4) is 23.6 Å². The Bertz CT molecular complexity index is 4030. The van der Waals surface area contributed by atoms with Gasteiger partial charge in [0, 0.05) is 123 Å². The maximum atomic E-state index is 14.4. The molecule has 0 radical (unpaired) electrons. The molecule has 6 saturated heterocycles. The summed E-state index contributed by atoms with van der Waals surface area (Å²) < 4.78 is 73.4. The molecule has 4 amide bonds. The summed E-state index contributed by atoms with van der Waals surface area (Å²) in [5.74, 6) is -5.90. The highest BCUT2D eigenvalue weighted by atomic mass is 32.2. The van der Waals surface area contributed by atoms with Crippen LogP contribution in [0, 0.1) is 47.9 Å². The van der Waals surface area contributed by atoms with Crippen LogP contribution >= 0.6 is 12.1 Å². The van der Waals surface area contributed by atoms with Gasteiger partial charge in [0.15, 0.2) is 47.4 Å². The largest absolute Gasteiger partial charge is 0.457 e. The Kier molecular flexibility index (Phi) is 38.5. The number of cyclic esters (lactones) is 2. The fraction of sp³-hybridized carbons (Fsp3) is 0.718. The van der Waals surface area contributed by atoms with Gasteiger partial charge >= 0.3 is 24.1 Å². The van der Waals surface area contributed by atoms with E-state index in [2.05, 4.69) is 36.9 Å². The fourth-order valence-corrected chi connectivity index (χ4v) is 17.2. The third-order valence-electron chi connectivity index (χ3n) is 24.0. The topological polar surface area (TPSA) is 438 Å². The summed E-state index contributed by atoms with van der Waals surface area (Å²) in [7, 11) is 10.5. The highest BCUT2D eigenvalue weighted by molar-refractivity contribution is 7.93. The molecule has 8 unspecified atom stereocenters. The number of hydrogen-bond donors (Lipinski definition) is 6.